The van der Waals surface area contributed by atoms with Crippen LogP contribution in [0.15, 0.2) is 42.5 Å². The van der Waals surface area contributed by atoms with E-state index in [9.17, 15) is 13.2 Å². The molecule has 0 fully saturated rings. The molecule has 1 amide bonds. The summed E-state index contributed by atoms with van der Waals surface area (Å²) in [6.45, 7) is 5.87. The predicted molar refractivity (Wildman–Crippen MR) is 123 cm³/mol. The number of carbonyl (C=O) groups excluding carboxylic acids is 1. The van der Waals surface area contributed by atoms with Gasteiger partial charge < -0.3 is 14.8 Å². The van der Waals surface area contributed by atoms with Crippen molar-refractivity contribution in [2.24, 2.45) is 0 Å². The van der Waals surface area contributed by atoms with Gasteiger partial charge in [-0.05, 0) is 61.2 Å². The maximum Gasteiger partial charge on any atom is 0.261 e. The van der Waals surface area contributed by atoms with Crippen LogP contribution in [0.4, 0.5) is 5.69 Å². The first-order valence-corrected chi connectivity index (χ1v) is 12.1. The van der Waals surface area contributed by atoms with E-state index < -0.39 is 16.1 Å². The maximum atomic E-state index is 12.9. The number of ether oxygens (including phenoxy) is 2. The van der Waals surface area contributed by atoms with Gasteiger partial charge in [-0.3, -0.25) is 9.10 Å². The van der Waals surface area contributed by atoms with E-state index in [1.165, 1.54) is 11.4 Å². The molecule has 0 bridgehead atoms. The first kappa shape index (κ1) is 24.5. The van der Waals surface area contributed by atoms with Crippen molar-refractivity contribution in [2.45, 2.75) is 45.8 Å². The van der Waals surface area contributed by atoms with Gasteiger partial charge in [0.15, 0.2) is 6.10 Å². The Morgan fingerprint density at radius 3 is 2.23 bits per heavy atom. The van der Waals surface area contributed by atoms with Crippen molar-refractivity contribution in [1.82, 2.24) is 5.32 Å². The molecule has 2 atom stereocenters. The van der Waals surface area contributed by atoms with Crippen molar-refractivity contribution >= 4 is 21.6 Å². The zero-order valence-corrected chi connectivity index (χ0v) is 19.8. The van der Waals surface area contributed by atoms with Crippen molar-refractivity contribution in [1.29, 1.82) is 0 Å². The number of nitrogens with zero attached hydrogens (tertiary/aromatic N) is 1. The zero-order valence-electron chi connectivity index (χ0n) is 19.0. The summed E-state index contributed by atoms with van der Waals surface area (Å²) in [6.07, 6.45) is 1.71. The number of nitrogens with one attached hydrogen (secondary N) is 1. The molecule has 0 radical (unpaired) electrons. The molecule has 2 aromatic carbocycles. The summed E-state index contributed by atoms with van der Waals surface area (Å²) >= 11 is 0. The average Bonchev–Trinajstić information content (AvgIpc) is 2.74. The smallest absolute Gasteiger partial charge is 0.261 e. The second-order valence-corrected chi connectivity index (χ2v) is 9.45. The molecule has 8 heteroatoms. The number of anilines is 1. The van der Waals surface area contributed by atoms with Crippen LogP contribution in [0.5, 0.6) is 11.5 Å². The van der Waals surface area contributed by atoms with Gasteiger partial charge in [0.25, 0.3) is 5.91 Å². The quantitative estimate of drug-likeness (QED) is 0.597. The Kier molecular flexibility index (Phi) is 8.33. The minimum absolute atomic E-state index is 0.138. The first-order valence-electron chi connectivity index (χ1n) is 10.3. The van der Waals surface area contributed by atoms with Gasteiger partial charge in [0, 0.05) is 7.05 Å². The molecule has 0 spiro atoms. The van der Waals surface area contributed by atoms with E-state index in [1.54, 1.807) is 31.4 Å². The molecular weight excluding hydrogens is 416 g/mol. The van der Waals surface area contributed by atoms with Gasteiger partial charge in [-0.15, -0.1) is 0 Å². The molecular formula is C23H32N2O5S. The molecule has 0 heterocycles. The number of amides is 1. The Labute approximate surface area is 185 Å². The monoisotopic (exact) mass is 448 g/mol. The molecule has 1 N–H and O–H groups in total. The standard InChI is InChI=1S/C23H32N2O5S/c1-7-20(17-9-14-22(29-5)16(3)15-17)24-23(26)21(8-2)30-19-12-10-18(11-13-19)25(4)31(6,27)28/h9-15,20-21H,7-8H2,1-6H3,(H,24,26)/t20-,21+/m0/s1. The van der Waals surface area contributed by atoms with Crippen molar-refractivity contribution in [2.75, 3.05) is 24.7 Å². The van der Waals surface area contributed by atoms with Gasteiger partial charge >= 0.3 is 0 Å². The fraction of sp³-hybridized carbons (Fsp3) is 0.435. The highest BCUT2D eigenvalue weighted by atomic mass is 32.2. The van der Waals surface area contributed by atoms with E-state index in [0.717, 1.165) is 29.6 Å². The fourth-order valence-electron chi connectivity index (χ4n) is 3.22. The van der Waals surface area contributed by atoms with Crippen molar-refractivity contribution < 1.29 is 22.7 Å². The largest absolute Gasteiger partial charge is 0.496 e. The molecule has 0 aliphatic rings. The number of carbonyl (C=O) groups is 1. The predicted octanol–water partition coefficient (Wildman–Crippen LogP) is 3.82. The summed E-state index contributed by atoms with van der Waals surface area (Å²) in [5, 5.41) is 3.08. The Balaban J connectivity index is 2.09. The molecule has 0 saturated heterocycles. The second-order valence-electron chi connectivity index (χ2n) is 7.44. The molecule has 31 heavy (non-hydrogen) atoms. The summed E-state index contributed by atoms with van der Waals surface area (Å²) in [5.74, 6) is 1.12. The third-order valence-electron chi connectivity index (χ3n) is 5.19. The summed E-state index contributed by atoms with van der Waals surface area (Å²) in [7, 11) is -0.219. The van der Waals surface area contributed by atoms with Gasteiger partial charge in [-0.1, -0.05) is 26.0 Å². The minimum Gasteiger partial charge on any atom is -0.496 e. The number of sulfonamides is 1. The lowest BCUT2D eigenvalue weighted by Crippen LogP contribution is -2.40. The molecule has 0 aromatic heterocycles. The van der Waals surface area contributed by atoms with E-state index in [1.807, 2.05) is 39.0 Å². The van der Waals surface area contributed by atoms with Gasteiger partial charge in [0.2, 0.25) is 10.0 Å². The maximum absolute atomic E-state index is 12.9. The number of aryl methyl sites for hydroxylation is 1. The lowest BCUT2D eigenvalue weighted by atomic mass is 10.0. The average molecular weight is 449 g/mol. The van der Waals surface area contributed by atoms with E-state index in [4.69, 9.17) is 9.47 Å². The number of methoxy groups -OCH3 is 1. The van der Waals surface area contributed by atoms with Crippen LogP contribution < -0.4 is 19.1 Å². The van der Waals surface area contributed by atoms with Gasteiger partial charge in [-0.25, -0.2) is 8.42 Å². The molecule has 0 unspecified atom stereocenters. The molecule has 0 aliphatic carbocycles. The van der Waals surface area contributed by atoms with Gasteiger partial charge in [-0.2, -0.15) is 0 Å². The van der Waals surface area contributed by atoms with Crippen molar-refractivity contribution in [3.8, 4) is 11.5 Å². The van der Waals surface area contributed by atoms with Crippen LogP contribution in [0.1, 0.15) is 43.9 Å². The molecule has 2 rings (SSSR count). The van der Waals surface area contributed by atoms with Crippen LogP contribution >= 0.6 is 0 Å². The molecule has 0 saturated carbocycles. The summed E-state index contributed by atoms with van der Waals surface area (Å²) in [6, 6.07) is 12.4. The lowest BCUT2D eigenvalue weighted by Gasteiger charge is -2.23. The Bertz CT molecular complexity index is 990. The minimum atomic E-state index is -3.34. The van der Waals surface area contributed by atoms with E-state index in [2.05, 4.69) is 5.32 Å². The Hall–Kier alpha value is -2.74. The number of rotatable bonds is 10. The SMILES string of the molecule is CC[C@H](NC(=O)[C@@H](CC)Oc1ccc(N(C)S(C)(=O)=O)cc1)c1ccc(OC)c(C)c1. The summed E-state index contributed by atoms with van der Waals surface area (Å²) < 4.78 is 35.7. The second kappa shape index (κ2) is 10.5. The van der Waals surface area contributed by atoms with E-state index in [0.29, 0.717) is 17.9 Å². The number of hydrogen-bond donors (Lipinski definition) is 1. The fourth-order valence-corrected chi connectivity index (χ4v) is 3.72. The van der Waals surface area contributed by atoms with Crippen LogP contribution in [0.25, 0.3) is 0 Å². The normalized spacial score (nSPS) is 13.2. The topological polar surface area (TPSA) is 84.9 Å². The summed E-state index contributed by atoms with van der Waals surface area (Å²) in [5.41, 5.74) is 2.54. The molecule has 0 aliphatic heterocycles. The lowest BCUT2D eigenvalue weighted by molar-refractivity contribution is -0.128. The van der Waals surface area contributed by atoms with Crippen LogP contribution in [-0.2, 0) is 14.8 Å². The molecule has 170 valence electrons. The highest BCUT2D eigenvalue weighted by Gasteiger charge is 2.22. The highest BCUT2D eigenvalue weighted by molar-refractivity contribution is 7.92. The van der Waals surface area contributed by atoms with E-state index in [-0.39, 0.29) is 11.9 Å². The first-order chi connectivity index (χ1) is 14.6. The van der Waals surface area contributed by atoms with Crippen molar-refractivity contribution in [3.63, 3.8) is 0 Å². The third kappa shape index (κ3) is 6.37. The van der Waals surface area contributed by atoms with Crippen LogP contribution in [-0.4, -0.2) is 40.8 Å². The zero-order chi connectivity index (χ0) is 23.2. The molecule has 7 nitrogen and oxygen atoms in total. The summed E-state index contributed by atoms with van der Waals surface area (Å²) in [4.78, 5) is 12.9. The molecule has 2 aromatic rings. The number of hydrogen-bond acceptors (Lipinski definition) is 5. The van der Waals surface area contributed by atoms with Gasteiger partial charge in [0.05, 0.1) is 25.1 Å². The van der Waals surface area contributed by atoms with Gasteiger partial charge in [0.1, 0.15) is 11.5 Å². The third-order valence-corrected chi connectivity index (χ3v) is 6.39. The van der Waals surface area contributed by atoms with E-state index >= 15 is 0 Å². The highest BCUT2D eigenvalue weighted by Crippen LogP contribution is 2.25. The Morgan fingerprint density at radius 1 is 1.10 bits per heavy atom. The number of benzene rings is 2. The Morgan fingerprint density at radius 2 is 1.74 bits per heavy atom. The van der Waals surface area contributed by atoms with Crippen LogP contribution in [0, 0.1) is 6.92 Å². The van der Waals surface area contributed by atoms with Crippen molar-refractivity contribution in [3.05, 3.63) is 53.6 Å². The van der Waals surface area contributed by atoms with Crippen LogP contribution in [0.2, 0.25) is 0 Å². The van der Waals surface area contributed by atoms with Crippen LogP contribution in [0.3, 0.4) is 0 Å².